The van der Waals surface area contributed by atoms with Crippen molar-refractivity contribution in [3.8, 4) is 0 Å². The zero-order chi connectivity index (χ0) is 11.2. The average molecular weight is 222 g/mol. The highest BCUT2D eigenvalue weighted by Crippen LogP contribution is 2.26. The minimum Gasteiger partial charge on any atom is -0.328 e. The van der Waals surface area contributed by atoms with Crippen molar-refractivity contribution in [2.75, 3.05) is 0 Å². The summed E-state index contributed by atoms with van der Waals surface area (Å²) in [4.78, 5) is 4.77. The van der Waals surface area contributed by atoms with E-state index in [0.717, 1.165) is 18.5 Å². The Morgan fingerprint density at radius 1 is 1.00 bits per heavy atom. The largest absolute Gasteiger partial charge is 0.328 e. The molecule has 0 spiro atoms. The lowest BCUT2D eigenvalue weighted by Crippen LogP contribution is -2.09. The molecule has 1 aliphatic heterocycles. The van der Waals surface area contributed by atoms with Crippen LogP contribution in [0.3, 0.4) is 0 Å². The summed E-state index contributed by atoms with van der Waals surface area (Å²) in [6.45, 7) is 1.13. The van der Waals surface area contributed by atoms with Gasteiger partial charge in [-0.1, -0.05) is 24.3 Å². The quantitative estimate of drug-likeness (QED) is 0.569. The van der Waals surface area contributed by atoms with E-state index in [4.69, 9.17) is 4.98 Å². The molecule has 2 heterocycles. The van der Waals surface area contributed by atoms with Gasteiger partial charge in [-0.05, 0) is 35.7 Å². The number of hydrogen-bond donors (Lipinski definition) is 0. The topological polar surface area (TPSA) is 17.8 Å². The molecule has 0 bridgehead atoms. The van der Waals surface area contributed by atoms with Gasteiger partial charge in [-0.3, -0.25) is 0 Å². The van der Waals surface area contributed by atoms with Gasteiger partial charge in [0.25, 0.3) is 0 Å². The zero-order valence-electron chi connectivity index (χ0n) is 9.69. The van der Waals surface area contributed by atoms with Gasteiger partial charge in [-0.2, -0.15) is 0 Å². The molecular formula is C15H14N2. The molecule has 1 aromatic heterocycles. The molecule has 0 saturated carbocycles. The highest BCUT2D eigenvalue weighted by molar-refractivity contribution is 5.95. The van der Waals surface area contributed by atoms with Crippen LogP contribution in [0.25, 0.3) is 21.8 Å². The minimum absolute atomic E-state index is 1.13. The maximum Gasteiger partial charge on any atom is 0.109 e. The van der Waals surface area contributed by atoms with Crippen molar-refractivity contribution >= 4 is 21.8 Å². The van der Waals surface area contributed by atoms with Gasteiger partial charge in [-0.15, -0.1) is 0 Å². The normalized spacial score (nSPS) is 15.3. The van der Waals surface area contributed by atoms with Crippen LogP contribution in [0, 0.1) is 0 Å². The van der Waals surface area contributed by atoms with Crippen LogP contribution in [0.5, 0.6) is 0 Å². The van der Waals surface area contributed by atoms with E-state index in [2.05, 4.69) is 41.0 Å². The number of aryl methyl sites for hydroxylation is 2. The van der Waals surface area contributed by atoms with Crippen molar-refractivity contribution in [3.63, 3.8) is 0 Å². The Balaban J connectivity index is 2.11. The molecule has 1 aliphatic rings. The van der Waals surface area contributed by atoms with Crippen molar-refractivity contribution < 1.29 is 0 Å². The molecule has 84 valence electrons. The van der Waals surface area contributed by atoms with Gasteiger partial charge in [0, 0.05) is 13.0 Å². The number of hydrogen-bond acceptors (Lipinski definition) is 1. The Bertz CT molecular complexity index is 709. The highest BCUT2D eigenvalue weighted by Gasteiger charge is 2.14. The van der Waals surface area contributed by atoms with E-state index in [9.17, 15) is 0 Å². The van der Waals surface area contributed by atoms with Crippen molar-refractivity contribution in [3.05, 3.63) is 42.2 Å². The van der Waals surface area contributed by atoms with E-state index < -0.39 is 0 Å². The number of nitrogens with zero attached hydrogens (tertiary/aromatic N) is 2. The third-order valence-corrected chi connectivity index (χ3v) is 3.73. The molecule has 2 nitrogen and oxygen atoms in total. The van der Waals surface area contributed by atoms with Crippen LogP contribution < -0.4 is 0 Å². The Hall–Kier alpha value is -1.83. The second-order valence-corrected chi connectivity index (χ2v) is 4.82. The Labute approximate surface area is 99.9 Å². The number of rotatable bonds is 0. The first kappa shape index (κ1) is 9.23. The van der Waals surface area contributed by atoms with Crippen LogP contribution in [0.4, 0.5) is 0 Å². The number of imidazole rings is 1. The molecule has 3 aromatic rings. The number of benzene rings is 2. The van der Waals surface area contributed by atoms with Crippen LogP contribution in [-0.4, -0.2) is 9.55 Å². The zero-order valence-corrected chi connectivity index (χ0v) is 9.69. The van der Waals surface area contributed by atoms with Crippen LogP contribution in [0.15, 0.2) is 36.4 Å². The fraction of sp³-hybridized carbons (Fsp3) is 0.267. The second kappa shape index (κ2) is 3.33. The van der Waals surface area contributed by atoms with Gasteiger partial charge in [0.2, 0.25) is 0 Å². The third-order valence-electron chi connectivity index (χ3n) is 3.73. The highest BCUT2D eigenvalue weighted by atomic mass is 15.1. The molecule has 0 atom stereocenters. The standard InChI is InChI=1S/C15H14N2/c1-2-6-12-10-14-13(9-11(12)5-1)16-15-7-3-4-8-17(14)15/h1-2,5-6,9-10H,3-4,7-8H2. The third kappa shape index (κ3) is 1.30. The van der Waals surface area contributed by atoms with Gasteiger partial charge >= 0.3 is 0 Å². The predicted octanol–water partition coefficient (Wildman–Crippen LogP) is 3.53. The van der Waals surface area contributed by atoms with E-state index in [1.807, 2.05) is 0 Å². The fourth-order valence-electron chi connectivity index (χ4n) is 2.85. The Morgan fingerprint density at radius 3 is 2.71 bits per heavy atom. The summed E-state index contributed by atoms with van der Waals surface area (Å²) in [5, 5.41) is 2.60. The van der Waals surface area contributed by atoms with Crippen molar-refractivity contribution in [2.45, 2.75) is 25.8 Å². The maximum absolute atomic E-state index is 4.77. The van der Waals surface area contributed by atoms with Crippen LogP contribution in [-0.2, 0) is 13.0 Å². The van der Waals surface area contributed by atoms with Crippen LogP contribution in [0.1, 0.15) is 18.7 Å². The van der Waals surface area contributed by atoms with E-state index in [1.165, 1.54) is 35.0 Å². The molecule has 0 N–H and O–H groups in total. The van der Waals surface area contributed by atoms with Gasteiger partial charge in [0.1, 0.15) is 5.82 Å². The second-order valence-electron chi connectivity index (χ2n) is 4.82. The molecule has 4 rings (SSSR count). The summed E-state index contributed by atoms with van der Waals surface area (Å²) in [5.41, 5.74) is 2.46. The Morgan fingerprint density at radius 2 is 1.82 bits per heavy atom. The van der Waals surface area contributed by atoms with Gasteiger partial charge in [0.15, 0.2) is 0 Å². The molecule has 0 radical (unpaired) electrons. The summed E-state index contributed by atoms with van der Waals surface area (Å²) < 4.78 is 2.39. The lowest BCUT2D eigenvalue weighted by Gasteiger charge is -2.13. The summed E-state index contributed by atoms with van der Waals surface area (Å²) in [6, 6.07) is 13.0. The molecule has 17 heavy (non-hydrogen) atoms. The number of aromatic nitrogens is 2. The van der Waals surface area contributed by atoms with Gasteiger partial charge < -0.3 is 4.57 Å². The summed E-state index contributed by atoms with van der Waals surface area (Å²) in [7, 11) is 0. The summed E-state index contributed by atoms with van der Waals surface area (Å²) >= 11 is 0. The summed E-state index contributed by atoms with van der Waals surface area (Å²) in [6.07, 6.45) is 3.69. The fourth-order valence-corrected chi connectivity index (χ4v) is 2.85. The van der Waals surface area contributed by atoms with Crippen molar-refractivity contribution in [1.29, 1.82) is 0 Å². The van der Waals surface area contributed by atoms with Crippen LogP contribution in [0.2, 0.25) is 0 Å². The Kier molecular flexibility index (Phi) is 1.81. The molecule has 0 fully saturated rings. The van der Waals surface area contributed by atoms with E-state index in [-0.39, 0.29) is 0 Å². The predicted molar refractivity (Wildman–Crippen MR) is 70.2 cm³/mol. The lowest BCUT2D eigenvalue weighted by molar-refractivity contribution is 0.533. The molecule has 2 heteroatoms. The van der Waals surface area contributed by atoms with E-state index >= 15 is 0 Å². The molecule has 0 amide bonds. The number of fused-ring (bicyclic) bond motifs is 4. The lowest BCUT2D eigenvalue weighted by atomic mass is 10.1. The monoisotopic (exact) mass is 222 g/mol. The van der Waals surface area contributed by atoms with Gasteiger partial charge in [0.05, 0.1) is 11.0 Å². The minimum atomic E-state index is 1.13. The summed E-state index contributed by atoms with van der Waals surface area (Å²) in [5.74, 6) is 1.27. The first-order chi connectivity index (χ1) is 8.42. The molecule has 0 saturated heterocycles. The maximum atomic E-state index is 4.77. The van der Waals surface area contributed by atoms with Crippen molar-refractivity contribution in [2.24, 2.45) is 0 Å². The van der Waals surface area contributed by atoms with E-state index in [0.29, 0.717) is 0 Å². The van der Waals surface area contributed by atoms with Crippen LogP contribution >= 0.6 is 0 Å². The smallest absolute Gasteiger partial charge is 0.109 e. The van der Waals surface area contributed by atoms with E-state index in [1.54, 1.807) is 0 Å². The first-order valence-electron chi connectivity index (χ1n) is 6.30. The SMILES string of the molecule is c1ccc2cc3c(cc2c1)nc1n3CCCC1. The van der Waals surface area contributed by atoms with Gasteiger partial charge in [-0.25, -0.2) is 4.98 Å². The van der Waals surface area contributed by atoms with Crippen molar-refractivity contribution in [1.82, 2.24) is 9.55 Å². The first-order valence-corrected chi connectivity index (χ1v) is 6.30. The molecule has 0 aliphatic carbocycles. The average Bonchev–Trinajstić information content (AvgIpc) is 2.73. The molecular weight excluding hydrogens is 208 g/mol. The molecule has 0 unspecified atom stereocenters. The molecule has 2 aromatic carbocycles.